The van der Waals surface area contributed by atoms with E-state index in [9.17, 15) is 0 Å². The third-order valence-electron chi connectivity index (χ3n) is 16.5. The summed E-state index contributed by atoms with van der Waals surface area (Å²) in [5.74, 6) is 0. The zero-order valence-electron chi connectivity index (χ0n) is 41.8. The molecule has 356 valence electrons. The molecule has 0 unspecified atom stereocenters. The monoisotopic (exact) mass is 982 g/mol. The molecule has 0 fully saturated rings. The fourth-order valence-electron chi connectivity index (χ4n) is 13.4. The molecular formula is C73H50N2Si. The zero-order valence-corrected chi connectivity index (χ0v) is 42.8. The number of aromatic nitrogens is 2. The summed E-state index contributed by atoms with van der Waals surface area (Å²) in [5.41, 5.74) is 16.7. The first-order valence-corrected chi connectivity index (χ1v) is 28.4. The van der Waals surface area contributed by atoms with E-state index in [0.29, 0.717) is 0 Å². The molecule has 0 saturated heterocycles. The van der Waals surface area contributed by atoms with Crippen LogP contribution in [0.25, 0.3) is 77.2 Å². The maximum atomic E-state index is 2.50. The van der Waals surface area contributed by atoms with Gasteiger partial charge in [-0.2, -0.15) is 0 Å². The lowest BCUT2D eigenvalue weighted by Crippen LogP contribution is -2.74. The van der Waals surface area contributed by atoms with Gasteiger partial charge in [0, 0.05) is 32.9 Å². The van der Waals surface area contributed by atoms with Crippen LogP contribution in [0.15, 0.2) is 303 Å². The molecule has 2 nitrogen and oxygen atoms in total. The minimum absolute atomic E-state index is 0.432. The maximum absolute atomic E-state index is 2.80. The highest BCUT2D eigenvalue weighted by Gasteiger charge is 2.46. The largest absolute Gasteiger partial charge is 0.309 e. The van der Waals surface area contributed by atoms with Crippen molar-refractivity contribution in [2.45, 2.75) is 5.41 Å². The van der Waals surface area contributed by atoms with Gasteiger partial charge in [-0.3, -0.25) is 0 Å². The quantitative estimate of drug-likeness (QED) is 0.101. The van der Waals surface area contributed by atoms with Gasteiger partial charge in [0.05, 0.1) is 27.5 Å². The number of fused-ring (bicyclic) bond motifs is 9. The van der Waals surface area contributed by atoms with Crippen molar-refractivity contribution in [1.29, 1.82) is 0 Å². The summed E-state index contributed by atoms with van der Waals surface area (Å²) in [7, 11) is -2.80. The molecule has 2 heterocycles. The first-order valence-electron chi connectivity index (χ1n) is 26.4. The van der Waals surface area contributed by atoms with Crippen molar-refractivity contribution in [2.24, 2.45) is 0 Å². The number of hydrogen-bond donors (Lipinski definition) is 0. The Bertz CT molecular complexity index is 4360. The predicted molar refractivity (Wildman–Crippen MR) is 321 cm³/mol. The highest BCUT2D eigenvalue weighted by Crippen LogP contribution is 2.56. The van der Waals surface area contributed by atoms with E-state index in [0.717, 1.165) is 11.4 Å². The smallest absolute Gasteiger partial charge is 0.179 e. The fraction of sp³-hybridized carbons (Fsp3) is 0.0137. The van der Waals surface area contributed by atoms with E-state index in [-0.39, 0.29) is 0 Å². The van der Waals surface area contributed by atoms with E-state index in [4.69, 9.17) is 0 Å². The molecule has 14 aromatic rings. The van der Waals surface area contributed by atoms with Gasteiger partial charge in [0.25, 0.3) is 0 Å². The normalized spacial score (nSPS) is 12.8. The highest BCUT2D eigenvalue weighted by molar-refractivity contribution is 7.19. The van der Waals surface area contributed by atoms with Crippen molar-refractivity contribution in [3.05, 3.63) is 326 Å². The number of para-hydroxylation sites is 2. The Hall–Kier alpha value is -9.54. The summed E-state index contributed by atoms with van der Waals surface area (Å²) < 4.78 is 4.97. The average molecular weight is 983 g/mol. The second-order valence-electron chi connectivity index (χ2n) is 20.3. The van der Waals surface area contributed by atoms with Gasteiger partial charge in [0.15, 0.2) is 8.07 Å². The van der Waals surface area contributed by atoms with Crippen molar-refractivity contribution in [1.82, 2.24) is 9.13 Å². The topological polar surface area (TPSA) is 9.86 Å². The minimum atomic E-state index is -2.80. The molecule has 12 aromatic carbocycles. The molecule has 0 spiro atoms. The molecule has 0 amide bonds. The third kappa shape index (κ3) is 6.46. The van der Waals surface area contributed by atoms with E-state index in [2.05, 4.69) is 312 Å². The molecule has 0 radical (unpaired) electrons. The van der Waals surface area contributed by atoms with Crippen LogP contribution in [0.4, 0.5) is 0 Å². The van der Waals surface area contributed by atoms with Crippen LogP contribution in [0.3, 0.4) is 0 Å². The van der Waals surface area contributed by atoms with Crippen molar-refractivity contribution >= 4 is 72.4 Å². The third-order valence-corrected chi connectivity index (χ3v) is 21.3. The molecule has 76 heavy (non-hydrogen) atoms. The maximum Gasteiger partial charge on any atom is 0.179 e. The summed E-state index contributed by atoms with van der Waals surface area (Å²) in [4.78, 5) is 0. The molecule has 15 rings (SSSR count). The number of hydrogen-bond acceptors (Lipinski definition) is 0. The highest BCUT2D eigenvalue weighted by atomic mass is 28.3. The standard InChI is InChI=1S/C73H50N2Si/c1-6-23-53(24-7-1)73(54-25-8-2-9-26-54)67-38-19-16-35-61(67)65-47-51(41-45-68(65)73)52-42-46-71-66(48-52)63-37-18-21-40-70(63)74(71)56-43-44-64-62-36-17-20-39-69(62)75(72(64)50-56)55-27-22-34-60(49-55)76(57-28-10-3-11-29-57,58-30-12-4-13-31-58)59-32-14-5-15-33-59/h1-50H. The van der Waals surface area contributed by atoms with Gasteiger partial charge >= 0.3 is 0 Å². The Balaban J connectivity index is 0.898. The summed E-state index contributed by atoms with van der Waals surface area (Å²) in [5, 5.41) is 10.3. The molecule has 1 aliphatic rings. The minimum Gasteiger partial charge on any atom is -0.309 e. The molecule has 2 aromatic heterocycles. The molecule has 1 aliphatic carbocycles. The lowest BCUT2D eigenvalue weighted by atomic mass is 9.67. The zero-order chi connectivity index (χ0) is 50.2. The summed E-state index contributed by atoms with van der Waals surface area (Å²) >= 11 is 0. The van der Waals surface area contributed by atoms with Gasteiger partial charge in [0.2, 0.25) is 0 Å². The Morgan fingerprint density at radius 1 is 0.250 bits per heavy atom. The van der Waals surface area contributed by atoms with Crippen LogP contribution >= 0.6 is 0 Å². The number of benzene rings is 12. The number of nitrogens with zero attached hydrogens (tertiary/aromatic N) is 2. The van der Waals surface area contributed by atoms with Crippen LogP contribution < -0.4 is 20.7 Å². The van der Waals surface area contributed by atoms with Gasteiger partial charge < -0.3 is 9.13 Å². The van der Waals surface area contributed by atoms with Crippen LogP contribution in [0.5, 0.6) is 0 Å². The van der Waals surface area contributed by atoms with Crippen molar-refractivity contribution in [2.75, 3.05) is 0 Å². The van der Waals surface area contributed by atoms with Crippen LogP contribution in [-0.4, -0.2) is 17.2 Å². The first-order chi connectivity index (χ1) is 37.7. The molecule has 0 saturated carbocycles. The molecule has 0 bridgehead atoms. The lowest BCUT2D eigenvalue weighted by Gasteiger charge is -2.34. The SMILES string of the molecule is c1ccc(C2(c3ccccc3)c3ccccc3-c3cc(-c4ccc5c(c4)c4ccccc4n5-c4ccc5c6ccccc6n(-c6cccc([Si](c7ccccc7)(c7ccccc7)c7ccccc7)c6)c5c4)ccc32)cc1. The van der Waals surface area contributed by atoms with E-state index < -0.39 is 13.5 Å². The average Bonchev–Trinajstić information content (AvgIpc) is 4.18. The van der Waals surface area contributed by atoms with Crippen molar-refractivity contribution in [3.8, 4) is 33.6 Å². The van der Waals surface area contributed by atoms with Crippen molar-refractivity contribution < 1.29 is 0 Å². The van der Waals surface area contributed by atoms with Crippen LogP contribution in [-0.2, 0) is 5.41 Å². The Kier molecular flexibility index (Phi) is 10.2. The van der Waals surface area contributed by atoms with Gasteiger partial charge in [-0.05, 0) is 120 Å². The Labute approximate surface area is 443 Å². The van der Waals surface area contributed by atoms with E-state index >= 15 is 0 Å². The first kappa shape index (κ1) is 44.0. The van der Waals surface area contributed by atoms with Gasteiger partial charge in [-0.1, -0.05) is 249 Å². The second kappa shape index (κ2) is 17.6. The second-order valence-corrected chi connectivity index (χ2v) is 24.1. The van der Waals surface area contributed by atoms with Gasteiger partial charge in [-0.15, -0.1) is 0 Å². The van der Waals surface area contributed by atoms with E-state index in [1.165, 1.54) is 109 Å². The van der Waals surface area contributed by atoms with Gasteiger partial charge in [-0.25, -0.2) is 0 Å². The molecular weight excluding hydrogens is 933 g/mol. The molecule has 0 N–H and O–H groups in total. The van der Waals surface area contributed by atoms with Crippen LogP contribution in [0.2, 0.25) is 0 Å². The summed E-state index contributed by atoms with van der Waals surface area (Å²) in [6.45, 7) is 0. The number of rotatable bonds is 9. The van der Waals surface area contributed by atoms with Gasteiger partial charge in [0.1, 0.15) is 0 Å². The predicted octanol–water partition coefficient (Wildman–Crippen LogP) is 15.3. The Morgan fingerprint density at radius 2 is 0.697 bits per heavy atom. The molecule has 0 aliphatic heterocycles. The van der Waals surface area contributed by atoms with Crippen molar-refractivity contribution in [3.63, 3.8) is 0 Å². The van der Waals surface area contributed by atoms with E-state index in [1.54, 1.807) is 0 Å². The van der Waals surface area contributed by atoms with Crippen LogP contribution in [0, 0.1) is 0 Å². The summed E-state index contributed by atoms with van der Waals surface area (Å²) in [6.07, 6.45) is 0. The van der Waals surface area contributed by atoms with E-state index in [1.807, 2.05) is 0 Å². The fourth-order valence-corrected chi connectivity index (χ4v) is 18.2. The molecule has 0 atom stereocenters. The Morgan fingerprint density at radius 3 is 1.33 bits per heavy atom. The lowest BCUT2D eigenvalue weighted by molar-refractivity contribution is 0.768. The molecule has 3 heteroatoms. The summed E-state index contributed by atoms with van der Waals surface area (Å²) in [6, 6.07) is 113. The van der Waals surface area contributed by atoms with Crippen LogP contribution in [0.1, 0.15) is 22.3 Å².